The molecule has 0 aliphatic carbocycles. The van der Waals surface area contributed by atoms with Gasteiger partial charge in [-0.1, -0.05) is 51.3 Å². The molecule has 1 N–H and O–H groups in total. The molecule has 4 amide bonds. The number of aromatic nitrogens is 1. The van der Waals surface area contributed by atoms with Gasteiger partial charge in [-0.2, -0.15) is 0 Å². The van der Waals surface area contributed by atoms with Crippen LogP contribution in [-0.4, -0.2) is 22.4 Å². The normalized spacial score (nSPS) is 15.5. The number of carbonyl (C=O) groups is 3. The van der Waals surface area contributed by atoms with Crippen LogP contribution in [0, 0.1) is 13.8 Å². The summed E-state index contributed by atoms with van der Waals surface area (Å²) in [5.74, 6) is -1.56. The summed E-state index contributed by atoms with van der Waals surface area (Å²) < 4.78 is 2.94. The lowest BCUT2D eigenvalue weighted by Gasteiger charge is -2.27. The zero-order valence-electron chi connectivity index (χ0n) is 16.9. The zero-order chi connectivity index (χ0) is 23.2. The van der Waals surface area contributed by atoms with Gasteiger partial charge in [-0.3, -0.25) is 14.9 Å². The summed E-state index contributed by atoms with van der Waals surface area (Å²) in [6.07, 6.45) is 1.48. The van der Waals surface area contributed by atoms with Crippen molar-refractivity contribution in [2.24, 2.45) is 0 Å². The van der Waals surface area contributed by atoms with E-state index in [1.54, 1.807) is 12.1 Å². The number of urea groups is 1. The first-order chi connectivity index (χ1) is 15.2. The van der Waals surface area contributed by atoms with Crippen molar-refractivity contribution in [1.29, 1.82) is 0 Å². The molecule has 32 heavy (non-hydrogen) atoms. The fourth-order valence-corrected chi connectivity index (χ4v) is 4.41. The standard InChI is InChI=1S/C23H16BrCl2N3O3/c1-12-9-14(13(2)28(12)16-6-3-5-15(24)11-16)10-17-21(30)27-23(32)29(22(17)31)19-8-4-7-18(25)20(19)26/h3-11H,1-2H3,(H,27,30,32)/b17-10+. The molecule has 0 radical (unpaired) electrons. The van der Waals surface area contributed by atoms with Gasteiger partial charge in [0.15, 0.2) is 0 Å². The second-order valence-corrected chi connectivity index (χ2v) is 8.87. The highest BCUT2D eigenvalue weighted by atomic mass is 79.9. The Hall–Kier alpha value is -2.87. The number of barbiturate groups is 1. The number of imide groups is 2. The van der Waals surface area contributed by atoms with Gasteiger partial charge in [-0.05, 0) is 61.9 Å². The van der Waals surface area contributed by atoms with Crippen LogP contribution in [0.1, 0.15) is 17.0 Å². The van der Waals surface area contributed by atoms with Crippen LogP contribution < -0.4 is 10.2 Å². The Morgan fingerprint density at radius 1 is 1.00 bits per heavy atom. The van der Waals surface area contributed by atoms with Gasteiger partial charge in [0.25, 0.3) is 11.8 Å². The molecule has 1 fully saturated rings. The van der Waals surface area contributed by atoms with E-state index in [4.69, 9.17) is 23.2 Å². The molecular formula is C23H16BrCl2N3O3. The van der Waals surface area contributed by atoms with Gasteiger partial charge in [0.1, 0.15) is 5.57 Å². The van der Waals surface area contributed by atoms with Crippen LogP contribution in [0.5, 0.6) is 0 Å². The maximum Gasteiger partial charge on any atom is 0.336 e. The average Bonchev–Trinajstić information content (AvgIpc) is 3.01. The third-order valence-corrected chi connectivity index (χ3v) is 6.41. The fraction of sp³-hybridized carbons (Fsp3) is 0.0870. The van der Waals surface area contributed by atoms with Crippen molar-refractivity contribution in [3.05, 3.63) is 85.6 Å². The zero-order valence-corrected chi connectivity index (χ0v) is 20.0. The van der Waals surface area contributed by atoms with E-state index in [0.717, 1.165) is 26.4 Å². The lowest BCUT2D eigenvalue weighted by Crippen LogP contribution is -2.54. The predicted molar refractivity (Wildman–Crippen MR) is 128 cm³/mol. The number of halogens is 3. The molecule has 0 unspecified atom stereocenters. The number of hydrogen-bond acceptors (Lipinski definition) is 3. The summed E-state index contributed by atoms with van der Waals surface area (Å²) in [5, 5.41) is 2.43. The molecule has 1 aliphatic rings. The summed E-state index contributed by atoms with van der Waals surface area (Å²) in [5.41, 5.74) is 3.27. The highest BCUT2D eigenvalue weighted by Gasteiger charge is 2.38. The Bertz CT molecular complexity index is 1330. The van der Waals surface area contributed by atoms with Gasteiger partial charge < -0.3 is 4.57 Å². The number of anilines is 1. The van der Waals surface area contributed by atoms with E-state index in [1.807, 2.05) is 48.7 Å². The number of rotatable bonds is 3. The van der Waals surface area contributed by atoms with Gasteiger partial charge in [0.05, 0.1) is 15.7 Å². The van der Waals surface area contributed by atoms with Crippen molar-refractivity contribution < 1.29 is 14.4 Å². The van der Waals surface area contributed by atoms with Gasteiger partial charge in [0, 0.05) is 21.5 Å². The van der Waals surface area contributed by atoms with Crippen LogP contribution in [0.4, 0.5) is 10.5 Å². The average molecular weight is 533 g/mol. The Morgan fingerprint density at radius 2 is 1.72 bits per heavy atom. The second kappa shape index (κ2) is 8.58. The molecule has 0 saturated carbocycles. The number of nitrogens with zero attached hydrogens (tertiary/aromatic N) is 2. The molecule has 0 atom stereocenters. The Kier molecular flexibility index (Phi) is 5.99. The number of carbonyl (C=O) groups excluding carboxylic acids is 3. The topological polar surface area (TPSA) is 71.4 Å². The van der Waals surface area contributed by atoms with E-state index in [0.29, 0.717) is 5.56 Å². The predicted octanol–water partition coefficient (Wildman–Crippen LogP) is 5.83. The summed E-state index contributed by atoms with van der Waals surface area (Å²) in [6.45, 7) is 3.82. The van der Waals surface area contributed by atoms with Crippen LogP contribution in [-0.2, 0) is 9.59 Å². The van der Waals surface area contributed by atoms with Crippen LogP contribution in [0.2, 0.25) is 10.0 Å². The first-order valence-electron chi connectivity index (χ1n) is 9.49. The molecule has 4 rings (SSSR count). The first-order valence-corrected chi connectivity index (χ1v) is 11.0. The molecule has 3 aromatic rings. The third-order valence-electron chi connectivity index (χ3n) is 5.11. The smallest absolute Gasteiger partial charge is 0.318 e. The first kappa shape index (κ1) is 22.3. The van der Waals surface area contributed by atoms with Gasteiger partial charge in [0.2, 0.25) is 0 Å². The molecule has 0 spiro atoms. The van der Waals surface area contributed by atoms with Crippen LogP contribution in [0.25, 0.3) is 11.8 Å². The summed E-state index contributed by atoms with van der Waals surface area (Å²) in [7, 11) is 0. The minimum atomic E-state index is -0.888. The van der Waals surface area contributed by atoms with Crippen molar-refractivity contribution in [3.63, 3.8) is 0 Å². The maximum absolute atomic E-state index is 13.2. The Balaban J connectivity index is 1.79. The minimum Gasteiger partial charge on any atom is -0.318 e. The number of benzene rings is 2. The summed E-state index contributed by atoms with van der Waals surface area (Å²) >= 11 is 15.7. The molecule has 2 aromatic carbocycles. The number of amides is 4. The van der Waals surface area contributed by atoms with E-state index in [9.17, 15) is 14.4 Å². The third kappa shape index (κ3) is 3.88. The molecule has 9 heteroatoms. The van der Waals surface area contributed by atoms with Crippen molar-refractivity contribution >= 4 is 68.7 Å². The highest BCUT2D eigenvalue weighted by molar-refractivity contribution is 9.10. The number of hydrogen-bond donors (Lipinski definition) is 1. The number of nitrogens with one attached hydrogen (secondary N) is 1. The van der Waals surface area contributed by atoms with Gasteiger partial charge >= 0.3 is 6.03 Å². The molecule has 0 bridgehead atoms. The minimum absolute atomic E-state index is 0.0409. The molecule has 1 saturated heterocycles. The van der Waals surface area contributed by atoms with Crippen molar-refractivity contribution in [3.8, 4) is 5.69 Å². The Morgan fingerprint density at radius 3 is 2.44 bits per heavy atom. The lowest BCUT2D eigenvalue weighted by atomic mass is 10.1. The number of aryl methyl sites for hydroxylation is 1. The lowest BCUT2D eigenvalue weighted by molar-refractivity contribution is -0.122. The largest absolute Gasteiger partial charge is 0.336 e. The van der Waals surface area contributed by atoms with Crippen molar-refractivity contribution in [2.45, 2.75) is 13.8 Å². The van der Waals surface area contributed by atoms with Crippen LogP contribution in [0.3, 0.4) is 0 Å². The van der Waals surface area contributed by atoms with Gasteiger partial charge in [-0.25, -0.2) is 9.69 Å². The molecule has 1 aromatic heterocycles. The van der Waals surface area contributed by atoms with Crippen LogP contribution in [0.15, 0.2) is 58.6 Å². The maximum atomic E-state index is 13.2. The molecular weight excluding hydrogens is 517 g/mol. The van der Waals surface area contributed by atoms with E-state index in [-0.39, 0.29) is 21.3 Å². The molecule has 6 nitrogen and oxygen atoms in total. The monoisotopic (exact) mass is 531 g/mol. The van der Waals surface area contributed by atoms with E-state index in [2.05, 4.69) is 21.2 Å². The van der Waals surface area contributed by atoms with Gasteiger partial charge in [-0.15, -0.1) is 0 Å². The SMILES string of the molecule is Cc1cc(/C=C2\C(=O)NC(=O)N(c3cccc(Cl)c3Cl)C2=O)c(C)n1-c1cccc(Br)c1. The quantitative estimate of drug-likeness (QED) is 0.341. The van der Waals surface area contributed by atoms with Crippen molar-refractivity contribution in [2.75, 3.05) is 4.90 Å². The van der Waals surface area contributed by atoms with E-state index >= 15 is 0 Å². The van der Waals surface area contributed by atoms with E-state index in [1.165, 1.54) is 12.1 Å². The molecule has 162 valence electrons. The summed E-state index contributed by atoms with van der Waals surface area (Å²) in [4.78, 5) is 39.0. The van der Waals surface area contributed by atoms with E-state index < -0.39 is 17.8 Å². The van der Waals surface area contributed by atoms with Crippen molar-refractivity contribution in [1.82, 2.24) is 9.88 Å². The highest BCUT2D eigenvalue weighted by Crippen LogP contribution is 2.34. The molecule has 1 aliphatic heterocycles. The Labute approximate surface area is 202 Å². The fourth-order valence-electron chi connectivity index (χ4n) is 3.64. The van der Waals surface area contributed by atoms with Crippen LogP contribution >= 0.6 is 39.1 Å². The molecule has 2 heterocycles. The second-order valence-electron chi connectivity index (χ2n) is 7.17. The summed E-state index contributed by atoms with van der Waals surface area (Å²) in [6, 6.07) is 13.4.